The molecule has 144 valence electrons. The molecule has 0 aliphatic carbocycles. The van der Waals surface area contributed by atoms with Gasteiger partial charge in [-0.25, -0.2) is 4.98 Å². The fourth-order valence-electron chi connectivity index (χ4n) is 2.39. The van der Waals surface area contributed by atoms with E-state index in [0.717, 1.165) is 0 Å². The summed E-state index contributed by atoms with van der Waals surface area (Å²) in [7, 11) is 1.68. The minimum atomic E-state index is -0.736. The Balaban J connectivity index is 1.97. The number of nitrogens with two attached hydrogens (primary N) is 1. The minimum absolute atomic E-state index is 0.0383. The largest absolute Gasteiger partial charge is 0.462 e. The van der Waals surface area contributed by atoms with Crippen LogP contribution in [0.4, 0.5) is 5.95 Å². The molecule has 2 heterocycles. The lowest BCUT2D eigenvalue weighted by atomic mass is 10.1. The average Bonchev–Trinajstić information content (AvgIpc) is 2.98. The predicted octanol–water partition coefficient (Wildman–Crippen LogP) is -1.18. The Morgan fingerprint density at radius 2 is 2.23 bits per heavy atom. The number of H-pyrrole nitrogens is 1. The standard InChI is InChI=1S/C15H24N6O5/c1-8(2)10(17-3)14(24)25-5-9(4-22)26-7-21-6-18-11-12(21)19-15(16)20-13(11)23/h6,8-10,17,22H,4-5,7H2,1-3H3,(H3,16,19,20,23). The molecule has 0 saturated carbocycles. The van der Waals surface area contributed by atoms with Crippen LogP contribution < -0.4 is 16.6 Å². The van der Waals surface area contributed by atoms with Gasteiger partial charge in [0, 0.05) is 0 Å². The second-order valence-electron chi connectivity index (χ2n) is 6.08. The summed E-state index contributed by atoms with van der Waals surface area (Å²) in [5, 5.41) is 12.3. The van der Waals surface area contributed by atoms with Crippen LogP contribution >= 0.6 is 0 Å². The van der Waals surface area contributed by atoms with E-state index >= 15 is 0 Å². The van der Waals surface area contributed by atoms with Gasteiger partial charge in [-0.15, -0.1) is 0 Å². The van der Waals surface area contributed by atoms with Gasteiger partial charge in [0.25, 0.3) is 5.56 Å². The van der Waals surface area contributed by atoms with Crippen molar-refractivity contribution in [3.8, 4) is 0 Å². The molecule has 0 saturated heterocycles. The van der Waals surface area contributed by atoms with Gasteiger partial charge in [0.15, 0.2) is 11.2 Å². The third-order valence-electron chi connectivity index (χ3n) is 3.79. The second kappa shape index (κ2) is 8.74. The van der Waals surface area contributed by atoms with Crippen molar-refractivity contribution in [3.05, 3.63) is 16.7 Å². The highest BCUT2D eigenvalue weighted by Gasteiger charge is 2.23. The van der Waals surface area contributed by atoms with E-state index in [-0.39, 0.29) is 43.0 Å². The van der Waals surface area contributed by atoms with Crippen LogP contribution in [-0.2, 0) is 21.0 Å². The average molecular weight is 368 g/mol. The molecule has 5 N–H and O–H groups in total. The number of rotatable bonds is 9. The quantitative estimate of drug-likeness (QED) is 0.400. The van der Waals surface area contributed by atoms with Gasteiger partial charge in [-0.2, -0.15) is 4.98 Å². The first kappa shape index (κ1) is 19.8. The summed E-state index contributed by atoms with van der Waals surface area (Å²) >= 11 is 0. The molecule has 2 atom stereocenters. The number of aliphatic hydroxyl groups excluding tert-OH is 1. The van der Waals surface area contributed by atoms with Crippen molar-refractivity contribution in [2.45, 2.75) is 32.7 Å². The smallest absolute Gasteiger partial charge is 0.323 e. The van der Waals surface area contributed by atoms with E-state index in [0.29, 0.717) is 0 Å². The Kier molecular flexibility index (Phi) is 6.66. The molecule has 0 aliphatic heterocycles. The molecular weight excluding hydrogens is 344 g/mol. The van der Waals surface area contributed by atoms with Crippen LogP contribution in [0.3, 0.4) is 0 Å². The molecule has 2 rings (SSSR count). The first-order chi connectivity index (χ1) is 12.4. The predicted molar refractivity (Wildman–Crippen MR) is 93.2 cm³/mol. The molecule has 0 fully saturated rings. The number of nitrogen functional groups attached to an aromatic ring is 1. The number of likely N-dealkylation sites (N-methyl/N-ethyl adjacent to an activating group) is 1. The number of esters is 1. The summed E-state index contributed by atoms with van der Waals surface area (Å²) in [6.45, 7) is 3.29. The normalized spacial score (nSPS) is 13.9. The van der Waals surface area contributed by atoms with Crippen molar-refractivity contribution >= 4 is 23.1 Å². The first-order valence-electron chi connectivity index (χ1n) is 8.14. The number of carbonyl (C=O) groups excluding carboxylic acids is 1. The van der Waals surface area contributed by atoms with Gasteiger partial charge in [-0.05, 0) is 13.0 Å². The molecule has 11 heteroatoms. The third-order valence-corrected chi connectivity index (χ3v) is 3.79. The van der Waals surface area contributed by atoms with Crippen LogP contribution in [0, 0.1) is 5.92 Å². The lowest BCUT2D eigenvalue weighted by Crippen LogP contribution is -2.41. The monoisotopic (exact) mass is 368 g/mol. The Morgan fingerprint density at radius 1 is 1.50 bits per heavy atom. The molecule has 0 aliphatic rings. The molecular formula is C15H24N6O5. The SMILES string of the molecule is CNC(C(=O)OCC(CO)OCn1cnc2c(=O)[nH]c(N)nc21)C(C)C. The van der Waals surface area contributed by atoms with Crippen LogP contribution in [0.2, 0.25) is 0 Å². The maximum absolute atomic E-state index is 12.0. The van der Waals surface area contributed by atoms with Crippen LogP contribution in [0.15, 0.2) is 11.1 Å². The van der Waals surface area contributed by atoms with Gasteiger partial charge in [0.2, 0.25) is 5.95 Å². The lowest BCUT2D eigenvalue weighted by molar-refractivity contribution is -0.154. The van der Waals surface area contributed by atoms with Crippen molar-refractivity contribution in [1.29, 1.82) is 0 Å². The number of hydrogen-bond acceptors (Lipinski definition) is 9. The highest BCUT2D eigenvalue weighted by atomic mass is 16.6. The molecule has 0 spiro atoms. The van der Waals surface area contributed by atoms with E-state index in [1.165, 1.54) is 10.9 Å². The number of aromatic nitrogens is 4. The Morgan fingerprint density at radius 3 is 2.85 bits per heavy atom. The van der Waals surface area contributed by atoms with Crippen molar-refractivity contribution in [2.75, 3.05) is 26.0 Å². The number of aliphatic hydroxyl groups is 1. The minimum Gasteiger partial charge on any atom is -0.462 e. The van der Waals surface area contributed by atoms with Crippen molar-refractivity contribution in [3.63, 3.8) is 0 Å². The number of fused-ring (bicyclic) bond motifs is 1. The zero-order valence-electron chi connectivity index (χ0n) is 14.9. The molecule has 0 radical (unpaired) electrons. The number of anilines is 1. The van der Waals surface area contributed by atoms with Gasteiger partial charge in [0.05, 0.1) is 12.9 Å². The molecule has 0 bridgehead atoms. The van der Waals surface area contributed by atoms with Gasteiger partial charge in [-0.3, -0.25) is 19.1 Å². The summed E-state index contributed by atoms with van der Waals surface area (Å²) < 4.78 is 12.2. The molecule has 2 unspecified atom stereocenters. The Bertz CT molecular complexity index is 801. The number of ether oxygens (including phenoxy) is 2. The van der Waals surface area contributed by atoms with Gasteiger partial charge < -0.3 is 25.6 Å². The summed E-state index contributed by atoms with van der Waals surface area (Å²) in [6.07, 6.45) is 0.642. The Hall–Kier alpha value is -2.50. The number of carbonyl (C=O) groups is 1. The van der Waals surface area contributed by atoms with Crippen LogP contribution in [-0.4, -0.2) is 63.0 Å². The first-order valence-corrected chi connectivity index (χ1v) is 8.14. The van der Waals surface area contributed by atoms with E-state index in [1.54, 1.807) is 7.05 Å². The van der Waals surface area contributed by atoms with E-state index in [4.69, 9.17) is 15.2 Å². The van der Waals surface area contributed by atoms with Crippen molar-refractivity contribution < 1.29 is 19.4 Å². The van der Waals surface area contributed by atoms with E-state index < -0.39 is 23.7 Å². The molecule has 0 aromatic carbocycles. The fourth-order valence-corrected chi connectivity index (χ4v) is 2.39. The molecule has 2 aromatic heterocycles. The zero-order valence-corrected chi connectivity index (χ0v) is 14.9. The molecule has 11 nitrogen and oxygen atoms in total. The number of nitrogens with zero attached hydrogens (tertiary/aromatic N) is 3. The van der Waals surface area contributed by atoms with Gasteiger partial charge in [-0.1, -0.05) is 13.8 Å². The van der Waals surface area contributed by atoms with E-state index in [2.05, 4.69) is 20.3 Å². The Labute approximate surface area is 149 Å². The summed E-state index contributed by atoms with van der Waals surface area (Å²) in [5.41, 5.74) is 5.46. The summed E-state index contributed by atoms with van der Waals surface area (Å²) in [5.74, 6) is -0.393. The third kappa shape index (κ3) is 4.56. The number of imidazole rings is 1. The number of hydrogen-bond donors (Lipinski definition) is 4. The topological polar surface area (TPSA) is 157 Å². The van der Waals surface area contributed by atoms with Gasteiger partial charge >= 0.3 is 5.97 Å². The van der Waals surface area contributed by atoms with E-state index in [1.807, 2.05) is 13.8 Å². The highest BCUT2D eigenvalue weighted by molar-refractivity contribution is 5.76. The lowest BCUT2D eigenvalue weighted by Gasteiger charge is -2.21. The highest BCUT2D eigenvalue weighted by Crippen LogP contribution is 2.08. The molecule has 26 heavy (non-hydrogen) atoms. The van der Waals surface area contributed by atoms with Crippen molar-refractivity contribution in [2.24, 2.45) is 5.92 Å². The van der Waals surface area contributed by atoms with E-state index in [9.17, 15) is 14.7 Å². The second-order valence-corrected chi connectivity index (χ2v) is 6.08. The summed E-state index contributed by atoms with van der Waals surface area (Å²) in [6, 6.07) is -0.439. The molecule has 2 aromatic rings. The van der Waals surface area contributed by atoms with Crippen molar-refractivity contribution in [1.82, 2.24) is 24.8 Å². The van der Waals surface area contributed by atoms with Crippen LogP contribution in [0.5, 0.6) is 0 Å². The summed E-state index contributed by atoms with van der Waals surface area (Å²) in [4.78, 5) is 34.1. The number of nitrogens with one attached hydrogen (secondary N) is 2. The maximum atomic E-state index is 12.0. The number of aromatic amines is 1. The van der Waals surface area contributed by atoms with Crippen LogP contribution in [0.1, 0.15) is 13.8 Å². The van der Waals surface area contributed by atoms with Crippen LogP contribution in [0.25, 0.3) is 11.2 Å². The zero-order chi connectivity index (χ0) is 19.3. The fraction of sp³-hybridized carbons (Fsp3) is 0.600. The maximum Gasteiger partial charge on any atom is 0.323 e. The molecule has 0 amide bonds. The van der Waals surface area contributed by atoms with Gasteiger partial charge in [0.1, 0.15) is 25.5 Å².